The van der Waals surface area contributed by atoms with Gasteiger partial charge in [0.1, 0.15) is 11.8 Å². The van der Waals surface area contributed by atoms with Gasteiger partial charge in [-0.3, -0.25) is 0 Å². The Bertz CT molecular complexity index is 279. The molecule has 84 valence electrons. The van der Waals surface area contributed by atoms with Gasteiger partial charge in [-0.15, -0.1) is 0 Å². The van der Waals surface area contributed by atoms with E-state index in [9.17, 15) is 9.50 Å². The van der Waals surface area contributed by atoms with Crippen LogP contribution in [0.15, 0.2) is 30.3 Å². The number of rotatable bonds is 5. The standard InChI is InChI=1S/C12H17FO2/c1-12(2,13)11(14)9-15-8-10-6-4-3-5-7-10/h3-7,11,14H,8-9H2,1-2H3/t11-/m1/s1. The van der Waals surface area contributed by atoms with E-state index in [0.29, 0.717) is 6.61 Å². The number of halogens is 1. The summed E-state index contributed by atoms with van der Waals surface area (Å²) >= 11 is 0. The van der Waals surface area contributed by atoms with E-state index in [1.165, 1.54) is 13.8 Å². The van der Waals surface area contributed by atoms with Gasteiger partial charge in [-0.1, -0.05) is 30.3 Å². The van der Waals surface area contributed by atoms with Gasteiger partial charge in [0.05, 0.1) is 13.2 Å². The normalized spacial score (nSPS) is 13.9. The summed E-state index contributed by atoms with van der Waals surface area (Å²) in [7, 11) is 0. The smallest absolute Gasteiger partial charge is 0.133 e. The van der Waals surface area contributed by atoms with Crippen LogP contribution in [0.1, 0.15) is 19.4 Å². The lowest BCUT2D eigenvalue weighted by Gasteiger charge is -2.21. The van der Waals surface area contributed by atoms with Gasteiger partial charge in [0.15, 0.2) is 0 Å². The zero-order valence-corrected chi connectivity index (χ0v) is 9.11. The molecular weight excluding hydrogens is 195 g/mol. The molecule has 0 saturated carbocycles. The molecule has 0 heterocycles. The summed E-state index contributed by atoms with van der Waals surface area (Å²) in [6.07, 6.45) is -1.08. The van der Waals surface area contributed by atoms with Crippen LogP contribution in [0.2, 0.25) is 0 Å². The van der Waals surface area contributed by atoms with Crippen molar-refractivity contribution in [3.8, 4) is 0 Å². The van der Waals surface area contributed by atoms with Gasteiger partial charge in [0, 0.05) is 0 Å². The molecule has 0 saturated heterocycles. The molecule has 1 aromatic rings. The fourth-order valence-electron chi connectivity index (χ4n) is 1.06. The van der Waals surface area contributed by atoms with Crippen LogP contribution < -0.4 is 0 Å². The molecule has 0 amide bonds. The molecule has 3 heteroatoms. The van der Waals surface area contributed by atoms with Crippen molar-refractivity contribution in [1.29, 1.82) is 0 Å². The zero-order chi connectivity index (χ0) is 11.3. The topological polar surface area (TPSA) is 29.5 Å². The summed E-state index contributed by atoms with van der Waals surface area (Å²) in [5.74, 6) is 0. The molecule has 0 aliphatic heterocycles. The molecule has 0 spiro atoms. The summed E-state index contributed by atoms with van der Waals surface area (Å²) in [4.78, 5) is 0. The van der Waals surface area contributed by atoms with Crippen molar-refractivity contribution in [3.05, 3.63) is 35.9 Å². The third-order valence-corrected chi connectivity index (χ3v) is 2.18. The van der Waals surface area contributed by atoms with E-state index in [2.05, 4.69) is 0 Å². The molecule has 0 fully saturated rings. The maximum atomic E-state index is 13.2. The van der Waals surface area contributed by atoms with E-state index in [0.717, 1.165) is 5.56 Å². The third kappa shape index (κ3) is 4.40. The van der Waals surface area contributed by atoms with E-state index in [4.69, 9.17) is 4.74 Å². The molecule has 1 aromatic carbocycles. The zero-order valence-electron chi connectivity index (χ0n) is 9.11. The Morgan fingerprint density at radius 1 is 1.33 bits per heavy atom. The Hall–Kier alpha value is -0.930. The number of alkyl halides is 1. The summed E-state index contributed by atoms with van der Waals surface area (Å²) in [5.41, 5.74) is -0.599. The van der Waals surface area contributed by atoms with Crippen molar-refractivity contribution in [3.63, 3.8) is 0 Å². The number of aliphatic hydroxyl groups excluding tert-OH is 1. The first-order chi connectivity index (χ1) is 7.00. The van der Waals surface area contributed by atoms with E-state index in [1.807, 2.05) is 30.3 Å². The highest BCUT2D eigenvalue weighted by Gasteiger charge is 2.26. The molecule has 1 N–H and O–H groups in total. The lowest BCUT2D eigenvalue weighted by atomic mass is 10.1. The molecule has 0 aliphatic carbocycles. The molecule has 0 bridgehead atoms. The first-order valence-electron chi connectivity index (χ1n) is 4.99. The average molecular weight is 212 g/mol. The summed E-state index contributed by atoms with van der Waals surface area (Å²) < 4.78 is 18.4. The third-order valence-electron chi connectivity index (χ3n) is 2.18. The minimum absolute atomic E-state index is 0.0123. The molecule has 1 atom stereocenters. The van der Waals surface area contributed by atoms with Crippen LogP contribution in [-0.2, 0) is 11.3 Å². The van der Waals surface area contributed by atoms with Crippen LogP contribution in [0.25, 0.3) is 0 Å². The quantitative estimate of drug-likeness (QED) is 0.811. The summed E-state index contributed by atoms with van der Waals surface area (Å²) in [6, 6.07) is 9.59. The second-order valence-corrected chi connectivity index (χ2v) is 4.08. The molecule has 0 radical (unpaired) electrons. The van der Waals surface area contributed by atoms with Gasteiger partial charge in [0.25, 0.3) is 0 Å². The minimum Gasteiger partial charge on any atom is -0.387 e. The number of benzene rings is 1. The number of hydrogen-bond acceptors (Lipinski definition) is 2. The van der Waals surface area contributed by atoms with Gasteiger partial charge in [-0.05, 0) is 19.4 Å². The van der Waals surface area contributed by atoms with Gasteiger partial charge in [-0.25, -0.2) is 4.39 Å². The lowest BCUT2D eigenvalue weighted by Crippen LogP contribution is -2.35. The fraction of sp³-hybridized carbons (Fsp3) is 0.500. The van der Waals surface area contributed by atoms with Crippen LogP contribution in [0.5, 0.6) is 0 Å². The summed E-state index contributed by atoms with van der Waals surface area (Å²) in [5, 5.41) is 9.36. The maximum Gasteiger partial charge on any atom is 0.133 e. The fourth-order valence-corrected chi connectivity index (χ4v) is 1.06. The second kappa shape index (κ2) is 5.24. The highest BCUT2D eigenvalue weighted by Crippen LogP contribution is 2.14. The molecular formula is C12H17FO2. The number of hydrogen-bond donors (Lipinski definition) is 1. The van der Waals surface area contributed by atoms with Crippen molar-refractivity contribution in [2.45, 2.75) is 32.2 Å². The van der Waals surface area contributed by atoms with Crippen molar-refractivity contribution in [2.24, 2.45) is 0 Å². The van der Waals surface area contributed by atoms with Gasteiger partial charge >= 0.3 is 0 Å². The molecule has 15 heavy (non-hydrogen) atoms. The van der Waals surface area contributed by atoms with Crippen molar-refractivity contribution >= 4 is 0 Å². The van der Waals surface area contributed by atoms with Crippen molar-refractivity contribution < 1.29 is 14.2 Å². The molecule has 0 aromatic heterocycles. The largest absolute Gasteiger partial charge is 0.387 e. The predicted molar refractivity (Wildman–Crippen MR) is 57.3 cm³/mol. The second-order valence-electron chi connectivity index (χ2n) is 4.08. The van der Waals surface area contributed by atoms with E-state index < -0.39 is 11.8 Å². The molecule has 2 nitrogen and oxygen atoms in total. The van der Waals surface area contributed by atoms with Crippen LogP contribution in [0.3, 0.4) is 0 Å². The monoisotopic (exact) mass is 212 g/mol. The van der Waals surface area contributed by atoms with Crippen LogP contribution in [0.4, 0.5) is 4.39 Å². The minimum atomic E-state index is -1.61. The van der Waals surface area contributed by atoms with E-state index >= 15 is 0 Å². The highest BCUT2D eigenvalue weighted by molar-refractivity contribution is 5.13. The Labute approximate surface area is 89.7 Å². The SMILES string of the molecule is CC(C)(F)[C@H](O)COCc1ccccc1. The molecule has 0 unspecified atom stereocenters. The van der Waals surface area contributed by atoms with Gasteiger partial charge in [-0.2, -0.15) is 0 Å². The van der Waals surface area contributed by atoms with Crippen LogP contribution in [0, 0.1) is 0 Å². The predicted octanol–water partition coefficient (Wildman–Crippen LogP) is 2.31. The van der Waals surface area contributed by atoms with E-state index in [-0.39, 0.29) is 6.61 Å². The molecule has 0 aliphatic rings. The first kappa shape index (κ1) is 12.1. The molecule has 1 rings (SSSR count). The van der Waals surface area contributed by atoms with Crippen LogP contribution in [-0.4, -0.2) is 23.5 Å². The van der Waals surface area contributed by atoms with Gasteiger partial charge < -0.3 is 9.84 Å². The Morgan fingerprint density at radius 3 is 2.47 bits per heavy atom. The van der Waals surface area contributed by atoms with Crippen molar-refractivity contribution in [2.75, 3.05) is 6.61 Å². The Morgan fingerprint density at radius 2 is 1.93 bits per heavy atom. The van der Waals surface area contributed by atoms with E-state index in [1.54, 1.807) is 0 Å². The first-order valence-corrected chi connectivity index (χ1v) is 4.99. The Kier molecular flexibility index (Phi) is 4.24. The average Bonchev–Trinajstić information content (AvgIpc) is 2.18. The Balaban J connectivity index is 2.28. The summed E-state index contributed by atoms with van der Waals surface area (Å²) in [6.45, 7) is 3.08. The van der Waals surface area contributed by atoms with Crippen LogP contribution >= 0.6 is 0 Å². The number of ether oxygens (including phenoxy) is 1. The van der Waals surface area contributed by atoms with Crippen molar-refractivity contribution in [1.82, 2.24) is 0 Å². The lowest BCUT2D eigenvalue weighted by molar-refractivity contribution is -0.0475. The highest BCUT2D eigenvalue weighted by atomic mass is 19.1. The number of aliphatic hydroxyl groups is 1. The van der Waals surface area contributed by atoms with Gasteiger partial charge in [0.2, 0.25) is 0 Å². The maximum absolute atomic E-state index is 13.2.